The third-order valence-electron chi connectivity index (χ3n) is 6.88. The molecule has 4 N–H and O–H groups in total. The molecular formula is C28H33ClN2O6. The second kappa shape index (κ2) is 11.5. The van der Waals surface area contributed by atoms with Crippen LogP contribution in [0.15, 0.2) is 35.1 Å². The van der Waals surface area contributed by atoms with Crippen LogP contribution in [0.5, 0.6) is 5.75 Å². The normalized spacial score (nSPS) is 16.7. The van der Waals surface area contributed by atoms with E-state index in [1.807, 2.05) is 32.0 Å². The smallest absolute Gasteiger partial charge is 0.407 e. The summed E-state index contributed by atoms with van der Waals surface area (Å²) >= 11 is 6.44. The number of ether oxygens (including phenoxy) is 1. The number of pyridine rings is 1. The highest BCUT2D eigenvalue weighted by Gasteiger charge is 2.27. The van der Waals surface area contributed by atoms with Gasteiger partial charge in [0, 0.05) is 35.8 Å². The summed E-state index contributed by atoms with van der Waals surface area (Å²) in [6, 6.07) is 9.14. The zero-order valence-corrected chi connectivity index (χ0v) is 21.8. The number of halogens is 1. The first-order valence-electron chi connectivity index (χ1n) is 12.6. The van der Waals surface area contributed by atoms with Crippen LogP contribution in [0.2, 0.25) is 5.02 Å². The third-order valence-corrected chi connectivity index (χ3v) is 7.23. The molecule has 0 spiro atoms. The van der Waals surface area contributed by atoms with Gasteiger partial charge >= 0.3 is 6.09 Å². The number of likely N-dealkylation sites (tertiary alicyclic amines) is 1. The Hall–Kier alpha value is -3.07. The second-order valence-electron chi connectivity index (χ2n) is 9.83. The zero-order chi connectivity index (χ0) is 26.7. The first-order chi connectivity index (χ1) is 17.7. The molecular weight excluding hydrogens is 496 g/mol. The van der Waals surface area contributed by atoms with Crippen molar-refractivity contribution < 1.29 is 24.9 Å². The Balaban J connectivity index is 1.80. The maximum atomic E-state index is 13.4. The number of rotatable bonds is 8. The van der Waals surface area contributed by atoms with Gasteiger partial charge in [-0.3, -0.25) is 4.79 Å². The van der Waals surface area contributed by atoms with E-state index in [4.69, 9.17) is 16.3 Å². The van der Waals surface area contributed by atoms with Crippen LogP contribution < -0.4 is 10.3 Å². The van der Waals surface area contributed by atoms with Crippen molar-refractivity contribution in [3.63, 3.8) is 0 Å². The first-order valence-corrected chi connectivity index (χ1v) is 12.9. The van der Waals surface area contributed by atoms with E-state index in [1.54, 1.807) is 12.1 Å². The van der Waals surface area contributed by atoms with Crippen molar-refractivity contribution >= 4 is 28.6 Å². The lowest BCUT2D eigenvalue weighted by Gasteiger charge is -2.33. The van der Waals surface area contributed by atoms with Gasteiger partial charge in [-0.1, -0.05) is 40.9 Å². The molecule has 4 rings (SSSR count). The highest BCUT2D eigenvalue weighted by Crippen LogP contribution is 2.37. The van der Waals surface area contributed by atoms with Crippen LogP contribution in [-0.4, -0.2) is 63.2 Å². The molecule has 1 aliphatic heterocycles. The summed E-state index contributed by atoms with van der Waals surface area (Å²) < 4.78 is 6.33. The number of aliphatic hydroxyl groups is 2. The van der Waals surface area contributed by atoms with Gasteiger partial charge in [-0.2, -0.15) is 0 Å². The average Bonchev–Trinajstić information content (AvgIpc) is 2.84. The minimum Gasteiger partial charge on any atom is -0.492 e. The van der Waals surface area contributed by atoms with E-state index in [9.17, 15) is 24.9 Å². The minimum absolute atomic E-state index is 0.137. The van der Waals surface area contributed by atoms with Gasteiger partial charge in [0.1, 0.15) is 5.75 Å². The number of fused-ring (bicyclic) bond motifs is 1. The molecule has 37 heavy (non-hydrogen) atoms. The number of nitrogens with one attached hydrogen (secondary N) is 1. The van der Waals surface area contributed by atoms with E-state index in [0.717, 1.165) is 30.4 Å². The van der Waals surface area contributed by atoms with Crippen LogP contribution in [0.25, 0.3) is 22.0 Å². The molecule has 1 amide bonds. The van der Waals surface area contributed by atoms with Gasteiger partial charge in [0.05, 0.1) is 30.4 Å². The van der Waals surface area contributed by atoms with Gasteiger partial charge in [-0.05, 0) is 56.4 Å². The summed E-state index contributed by atoms with van der Waals surface area (Å²) in [6.07, 6.45) is 1.31. The minimum atomic E-state index is -0.978. The summed E-state index contributed by atoms with van der Waals surface area (Å²) in [5.74, 6) is 0.387. The molecule has 1 aromatic heterocycles. The number of H-pyrrole nitrogens is 1. The number of aliphatic hydroxyl groups excluding tert-OH is 2. The third kappa shape index (κ3) is 6.09. The van der Waals surface area contributed by atoms with Gasteiger partial charge in [-0.15, -0.1) is 0 Å². The fourth-order valence-electron chi connectivity index (χ4n) is 5.19. The van der Waals surface area contributed by atoms with Crippen molar-refractivity contribution in [3.8, 4) is 16.9 Å². The molecule has 0 aliphatic carbocycles. The van der Waals surface area contributed by atoms with Crippen molar-refractivity contribution in [2.24, 2.45) is 0 Å². The lowest BCUT2D eigenvalue weighted by Crippen LogP contribution is -2.43. The lowest BCUT2D eigenvalue weighted by molar-refractivity contribution is 0.0954. The molecule has 1 fully saturated rings. The SMILES string of the molecule is Cc1cc(C)cc(-c2c(OCCC3CCCCN3C(=O)O)c3cc(CC(O)CO)c(Cl)cc3[nH]c2=O)c1. The van der Waals surface area contributed by atoms with Crippen LogP contribution in [0, 0.1) is 13.8 Å². The molecule has 0 radical (unpaired) electrons. The highest BCUT2D eigenvalue weighted by molar-refractivity contribution is 6.32. The van der Waals surface area contributed by atoms with Crippen LogP contribution >= 0.6 is 11.6 Å². The Kier molecular flexibility index (Phi) is 8.42. The molecule has 0 bridgehead atoms. The molecule has 198 valence electrons. The van der Waals surface area contributed by atoms with Crippen molar-refractivity contribution in [1.29, 1.82) is 0 Å². The molecule has 1 saturated heterocycles. The van der Waals surface area contributed by atoms with Gasteiger partial charge in [0.2, 0.25) is 0 Å². The summed E-state index contributed by atoms with van der Waals surface area (Å²) in [5.41, 5.74) is 3.89. The largest absolute Gasteiger partial charge is 0.492 e. The summed E-state index contributed by atoms with van der Waals surface area (Å²) in [7, 11) is 0. The van der Waals surface area contributed by atoms with E-state index in [-0.39, 0.29) is 24.6 Å². The van der Waals surface area contributed by atoms with Crippen molar-refractivity contribution in [1.82, 2.24) is 9.88 Å². The van der Waals surface area contributed by atoms with Gasteiger partial charge in [0.15, 0.2) is 0 Å². The molecule has 2 heterocycles. The van der Waals surface area contributed by atoms with Crippen molar-refractivity contribution in [3.05, 3.63) is 62.4 Å². The highest BCUT2D eigenvalue weighted by atomic mass is 35.5. The molecule has 0 saturated carbocycles. The molecule has 1 aliphatic rings. The number of hydrogen-bond acceptors (Lipinski definition) is 5. The molecule has 2 aromatic carbocycles. The molecule has 2 atom stereocenters. The fourth-order valence-corrected chi connectivity index (χ4v) is 5.43. The van der Waals surface area contributed by atoms with Crippen molar-refractivity contribution in [2.75, 3.05) is 19.8 Å². The Morgan fingerprint density at radius 3 is 2.59 bits per heavy atom. The monoisotopic (exact) mass is 528 g/mol. The molecule has 3 aromatic rings. The number of piperidine rings is 1. The predicted octanol–water partition coefficient (Wildman–Crippen LogP) is 4.66. The number of carbonyl (C=O) groups is 1. The number of hydrogen-bond donors (Lipinski definition) is 4. The lowest BCUT2D eigenvalue weighted by atomic mass is 9.97. The number of benzene rings is 2. The number of aromatic nitrogens is 1. The number of aryl methyl sites for hydroxylation is 2. The zero-order valence-electron chi connectivity index (χ0n) is 21.1. The fraction of sp³-hybridized carbons (Fsp3) is 0.429. The van der Waals surface area contributed by atoms with E-state index < -0.39 is 18.8 Å². The molecule has 9 heteroatoms. The van der Waals surface area contributed by atoms with E-state index >= 15 is 0 Å². The van der Waals surface area contributed by atoms with Crippen LogP contribution in [0.3, 0.4) is 0 Å². The Morgan fingerprint density at radius 1 is 1.19 bits per heavy atom. The number of amides is 1. The topological polar surface area (TPSA) is 123 Å². The van der Waals surface area contributed by atoms with Crippen LogP contribution in [0.1, 0.15) is 42.4 Å². The maximum Gasteiger partial charge on any atom is 0.407 e. The quantitative estimate of drug-likeness (QED) is 0.337. The first kappa shape index (κ1) is 27.0. The van der Waals surface area contributed by atoms with E-state index in [0.29, 0.717) is 51.3 Å². The van der Waals surface area contributed by atoms with Crippen molar-refractivity contribution in [2.45, 2.75) is 58.1 Å². The number of nitrogens with zero attached hydrogens (tertiary/aromatic N) is 1. The maximum absolute atomic E-state index is 13.4. The standard InChI is InChI=1S/C28H33ClN2O6/c1-16-9-17(2)11-19(10-16)25-26(37-8-6-20-5-3-4-7-31(20)28(35)36)22-13-18(12-21(33)15-32)23(29)14-24(22)30-27(25)34/h9-11,13-14,20-21,32-33H,3-8,12,15H2,1-2H3,(H,30,34)(H,35,36). The van der Waals surface area contributed by atoms with Gasteiger partial charge in [-0.25, -0.2) is 4.79 Å². The molecule has 8 nitrogen and oxygen atoms in total. The van der Waals surface area contributed by atoms with E-state index in [1.165, 1.54) is 4.90 Å². The Bertz CT molecular complexity index is 1330. The Morgan fingerprint density at radius 2 is 1.92 bits per heavy atom. The molecule has 2 unspecified atom stereocenters. The summed E-state index contributed by atoms with van der Waals surface area (Å²) in [4.78, 5) is 29.4. The van der Waals surface area contributed by atoms with Gasteiger partial charge < -0.3 is 29.9 Å². The average molecular weight is 529 g/mol. The number of carboxylic acid groups (broad SMARTS) is 1. The van der Waals surface area contributed by atoms with Crippen LogP contribution in [-0.2, 0) is 6.42 Å². The Labute approximate surface area is 220 Å². The number of aromatic amines is 1. The predicted molar refractivity (Wildman–Crippen MR) is 144 cm³/mol. The van der Waals surface area contributed by atoms with Crippen LogP contribution in [0.4, 0.5) is 4.79 Å². The summed E-state index contributed by atoms with van der Waals surface area (Å²) in [6.45, 7) is 4.26. The second-order valence-corrected chi connectivity index (χ2v) is 10.2. The van der Waals surface area contributed by atoms with E-state index in [2.05, 4.69) is 4.98 Å². The van der Waals surface area contributed by atoms with Gasteiger partial charge in [0.25, 0.3) is 5.56 Å². The summed E-state index contributed by atoms with van der Waals surface area (Å²) in [5, 5.41) is 29.9.